The zero-order valence-electron chi connectivity index (χ0n) is 8.53. The van der Waals surface area contributed by atoms with Gasteiger partial charge in [-0.25, -0.2) is 0 Å². The smallest absolute Gasteiger partial charge is 0.155 e. The molecule has 0 aliphatic heterocycles. The van der Waals surface area contributed by atoms with Gasteiger partial charge in [0.25, 0.3) is 0 Å². The lowest BCUT2D eigenvalue weighted by atomic mass is 9.95. The van der Waals surface area contributed by atoms with E-state index in [1.807, 2.05) is 13.8 Å². The van der Waals surface area contributed by atoms with Crippen molar-refractivity contribution in [3.8, 4) is 0 Å². The fourth-order valence-corrected chi connectivity index (χ4v) is 1.73. The lowest BCUT2D eigenvalue weighted by molar-refractivity contribution is -0.167. The van der Waals surface area contributed by atoms with E-state index in [1.54, 1.807) is 0 Å². The second-order valence-electron chi connectivity index (χ2n) is 3.59. The highest BCUT2D eigenvalue weighted by Gasteiger charge is 2.21. The Morgan fingerprint density at radius 1 is 1.31 bits per heavy atom. The molecule has 1 fully saturated rings. The molecule has 0 bridgehead atoms. The highest BCUT2D eigenvalue weighted by Crippen LogP contribution is 2.22. The van der Waals surface area contributed by atoms with Crippen LogP contribution < -0.4 is 0 Å². The van der Waals surface area contributed by atoms with E-state index < -0.39 is 0 Å². The van der Waals surface area contributed by atoms with Crippen molar-refractivity contribution in [3.63, 3.8) is 0 Å². The summed E-state index contributed by atoms with van der Waals surface area (Å²) in [6.07, 6.45) is 3.71. The first kappa shape index (κ1) is 11.0. The van der Waals surface area contributed by atoms with Gasteiger partial charge in [0.05, 0.1) is 12.2 Å². The lowest BCUT2D eigenvalue weighted by Gasteiger charge is -2.27. The van der Waals surface area contributed by atoms with E-state index in [1.165, 1.54) is 0 Å². The highest BCUT2D eigenvalue weighted by molar-refractivity contribution is 4.71. The number of hydrogen-bond donors (Lipinski definition) is 1. The van der Waals surface area contributed by atoms with Gasteiger partial charge in [0.2, 0.25) is 0 Å². The standard InChI is InChI=1S/C10H20O3/c1-3-12-8(2)13-10-6-4-9(11)5-7-10/h8-11H,3-7H2,1-2H3. The predicted octanol–water partition coefficient (Wildman–Crippen LogP) is 1.69. The molecule has 1 aliphatic carbocycles. The van der Waals surface area contributed by atoms with Crippen LogP contribution in [0.15, 0.2) is 0 Å². The molecule has 0 radical (unpaired) electrons. The molecular formula is C10H20O3. The lowest BCUT2D eigenvalue weighted by Crippen LogP contribution is -2.28. The molecule has 1 atom stereocenters. The van der Waals surface area contributed by atoms with E-state index in [4.69, 9.17) is 9.47 Å². The molecular weight excluding hydrogens is 168 g/mol. The number of aliphatic hydroxyl groups excluding tert-OH is 1. The molecule has 0 heterocycles. The Morgan fingerprint density at radius 2 is 1.92 bits per heavy atom. The number of rotatable bonds is 4. The van der Waals surface area contributed by atoms with Crippen molar-refractivity contribution >= 4 is 0 Å². The Morgan fingerprint density at radius 3 is 2.46 bits per heavy atom. The van der Waals surface area contributed by atoms with Crippen molar-refractivity contribution in [2.45, 2.75) is 58.0 Å². The Bertz CT molecular complexity index is 130. The summed E-state index contributed by atoms with van der Waals surface area (Å²) in [5.41, 5.74) is 0. The van der Waals surface area contributed by atoms with Crippen molar-refractivity contribution < 1.29 is 14.6 Å². The van der Waals surface area contributed by atoms with Crippen LogP contribution in [0.5, 0.6) is 0 Å². The summed E-state index contributed by atoms with van der Waals surface area (Å²) in [5.74, 6) is 0. The minimum absolute atomic E-state index is 0.106. The highest BCUT2D eigenvalue weighted by atomic mass is 16.7. The summed E-state index contributed by atoms with van der Waals surface area (Å²) in [5, 5.41) is 9.28. The van der Waals surface area contributed by atoms with Crippen molar-refractivity contribution in [2.24, 2.45) is 0 Å². The first-order valence-electron chi connectivity index (χ1n) is 5.17. The molecule has 1 saturated carbocycles. The molecule has 0 amide bonds. The van der Waals surface area contributed by atoms with Gasteiger partial charge in [0, 0.05) is 6.61 Å². The Balaban J connectivity index is 2.14. The van der Waals surface area contributed by atoms with E-state index >= 15 is 0 Å². The van der Waals surface area contributed by atoms with E-state index in [0.717, 1.165) is 25.7 Å². The van der Waals surface area contributed by atoms with E-state index in [-0.39, 0.29) is 18.5 Å². The maximum absolute atomic E-state index is 9.28. The Kier molecular flexibility index (Phi) is 4.70. The third kappa shape index (κ3) is 4.07. The van der Waals surface area contributed by atoms with Crippen LogP contribution in [0.1, 0.15) is 39.5 Å². The Labute approximate surface area is 80.0 Å². The van der Waals surface area contributed by atoms with Crippen molar-refractivity contribution in [3.05, 3.63) is 0 Å². The summed E-state index contributed by atoms with van der Waals surface area (Å²) in [4.78, 5) is 0. The van der Waals surface area contributed by atoms with Gasteiger partial charge in [0.15, 0.2) is 6.29 Å². The monoisotopic (exact) mass is 188 g/mol. The fourth-order valence-electron chi connectivity index (χ4n) is 1.73. The zero-order valence-corrected chi connectivity index (χ0v) is 8.53. The topological polar surface area (TPSA) is 38.7 Å². The molecule has 1 aliphatic rings. The molecule has 3 heteroatoms. The van der Waals surface area contributed by atoms with Crippen LogP contribution >= 0.6 is 0 Å². The molecule has 0 spiro atoms. The quantitative estimate of drug-likeness (QED) is 0.682. The van der Waals surface area contributed by atoms with Gasteiger partial charge in [-0.15, -0.1) is 0 Å². The van der Waals surface area contributed by atoms with Gasteiger partial charge in [-0.2, -0.15) is 0 Å². The summed E-state index contributed by atoms with van der Waals surface area (Å²) in [7, 11) is 0. The SMILES string of the molecule is CCOC(C)OC1CCC(O)CC1. The summed E-state index contributed by atoms with van der Waals surface area (Å²) >= 11 is 0. The number of aliphatic hydroxyl groups is 1. The fraction of sp³-hybridized carbons (Fsp3) is 1.00. The summed E-state index contributed by atoms with van der Waals surface area (Å²) in [6, 6.07) is 0. The molecule has 0 aromatic heterocycles. The number of hydrogen-bond acceptors (Lipinski definition) is 3. The Hall–Kier alpha value is -0.120. The third-order valence-corrected chi connectivity index (χ3v) is 2.43. The van der Waals surface area contributed by atoms with Gasteiger partial charge in [-0.05, 0) is 39.5 Å². The molecule has 13 heavy (non-hydrogen) atoms. The van der Waals surface area contributed by atoms with Crippen LogP contribution in [0.25, 0.3) is 0 Å². The molecule has 0 aromatic rings. The summed E-state index contributed by atoms with van der Waals surface area (Å²) in [6.45, 7) is 4.58. The second kappa shape index (κ2) is 5.58. The average molecular weight is 188 g/mol. The van der Waals surface area contributed by atoms with Crippen LogP contribution in [-0.4, -0.2) is 30.2 Å². The maximum Gasteiger partial charge on any atom is 0.155 e. The van der Waals surface area contributed by atoms with E-state index in [2.05, 4.69) is 0 Å². The van der Waals surface area contributed by atoms with Crippen LogP contribution in [-0.2, 0) is 9.47 Å². The van der Waals surface area contributed by atoms with Crippen LogP contribution in [0.3, 0.4) is 0 Å². The largest absolute Gasteiger partial charge is 0.393 e. The van der Waals surface area contributed by atoms with E-state index in [0.29, 0.717) is 6.61 Å². The first-order chi connectivity index (χ1) is 6.22. The van der Waals surface area contributed by atoms with Crippen LogP contribution in [0.2, 0.25) is 0 Å². The minimum atomic E-state index is -0.109. The summed E-state index contributed by atoms with van der Waals surface area (Å²) < 4.78 is 10.9. The predicted molar refractivity (Wildman–Crippen MR) is 50.4 cm³/mol. The third-order valence-electron chi connectivity index (χ3n) is 2.43. The first-order valence-corrected chi connectivity index (χ1v) is 5.17. The van der Waals surface area contributed by atoms with Crippen molar-refractivity contribution in [2.75, 3.05) is 6.61 Å². The minimum Gasteiger partial charge on any atom is -0.393 e. The van der Waals surface area contributed by atoms with Gasteiger partial charge < -0.3 is 14.6 Å². The van der Waals surface area contributed by atoms with Gasteiger partial charge in [-0.1, -0.05) is 0 Å². The maximum atomic E-state index is 9.28. The van der Waals surface area contributed by atoms with Gasteiger partial charge >= 0.3 is 0 Å². The van der Waals surface area contributed by atoms with Crippen molar-refractivity contribution in [1.82, 2.24) is 0 Å². The van der Waals surface area contributed by atoms with Crippen LogP contribution in [0.4, 0.5) is 0 Å². The normalized spacial score (nSPS) is 31.6. The van der Waals surface area contributed by atoms with E-state index in [9.17, 15) is 5.11 Å². The molecule has 0 aromatic carbocycles. The molecule has 1 rings (SSSR count). The van der Waals surface area contributed by atoms with Crippen molar-refractivity contribution in [1.29, 1.82) is 0 Å². The van der Waals surface area contributed by atoms with Gasteiger partial charge in [0.1, 0.15) is 0 Å². The molecule has 3 nitrogen and oxygen atoms in total. The number of ether oxygens (including phenoxy) is 2. The zero-order chi connectivity index (χ0) is 9.68. The molecule has 0 saturated heterocycles. The molecule has 1 N–H and O–H groups in total. The van der Waals surface area contributed by atoms with Crippen LogP contribution in [0, 0.1) is 0 Å². The van der Waals surface area contributed by atoms with Gasteiger partial charge in [-0.3, -0.25) is 0 Å². The average Bonchev–Trinajstić information content (AvgIpc) is 2.09. The second-order valence-corrected chi connectivity index (χ2v) is 3.59. The molecule has 1 unspecified atom stereocenters. The molecule has 78 valence electrons.